The predicted molar refractivity (Wildman–Crippen MR) is 88.8 cm³/mol. The second-order valence-electron chi connectivity index (χ2n) is 5.22. The highest BCUT2D eigenvalue weighted by Gasteiger charge is 2.21. The van der Waals surface area contributed by atoms with Crippen LogP contribution in [0.15, 0.2) is 67.3 Å². The van der Waals surface area contributed by atoms with Gasteiger partial charge in [-0.25, -0.2) is 13.6 Å². The van der Waals surface area contributed by atoms with E-state index in [0.717, 1.165) is 18.2 Å². The molecule has 1 aromatic carbocycles. The molecule has 126 valence electrons. The van der Waals surface area contributed by atoms with Crippen LogP contribution in [0.25, 0.3) is 0 Å². The third kappa shape index (κ3) is 4.14. The van der Waals surface area contributed by atoms with E-state index in [1.54, 1.807) is 30.5 Å². The average Bonchev–Trinajstić information content (AvgIpc) is 2.63. The molecular formula is C18H14F2N4O. The van der Waals surface area contributed by atoms with Crippen molar-refractivity contribution in [3.63, 3.8) is 0 Å². The van der Waals surface area contributed by atoms with Crippen LogP contribution in [0.1, 0.15) is 17.2 Å². The Bertz CT molecular complexity index is 859. The van der Waals surface area contributed by atoms with Gasteiger partial charge in [-0.2, -0.15) is 0 Å². The molecule has 0 radical (unpaired) electrons. The number of rotatable bonds is 4. The van der Waals surface area contributed by atoms with E-state index in [1.165, 1.54) is 18.6 Å². The van der Waals surface area contributed by atoms with E-state index in [4.69, 9.17) is 0 Å². The second-order valence-corrected chi connectivity index (χ2v) is 5.22. The molecule has 0 saturated carbocycles. The van der Waals surface area contributed by atoms with Gasteiger partial charge in [-0.05, 0) is 48.0 Å². The minimum absolute atomic E-state index is 0.0209. The summed E-state index contributed by atoms with van der Waals surface area (Å²) in [7, 11) is 0. The number of hydrogen-bond acceptors (Lipinski definition) is 3. The average molecular weight is 340 g/mol. The summed E-state index contributed by atoms with van der Waals surface area (Å²) in [6.45, 7) is 0. The molecule has 7 heteroatoms. The number of aromatic nitrogens is 2. The summed E-state index contributed by atoms with van der Waals surface area (Å²) in [4.78, 5) is 20.1. The number of nitrogens with zero attached hydrogens (tertiary/aromatic N) is 2. The molecule has 0 unspecified atom stereocenters. The Kier molecular flexibility index (Phi) is 4.94. The first kappa shape index (κ1) is 16.5. The van der Waals surface area contributed by atoms with Crippen molar-refractivity contribution in [3.05, 3.63) is 90.0 Å². The number of pyridine rings is 2. The number of carbonyl (C=O) groups is 1. The summed E-state index contributed by atoms with van der Waals surface area (Å²) in [5.74, 6) is -1.21. The van der Waals surface area contributed by atoms with Gasteiger partial charge in [0.25, 0.3) is 0 Å². The van der Waals surface area contributed by atoms with E-state index < -0.39 is 23.7 Å². The van der Waals surface area contributed by atoms with Gasteiger partial charge in [0.2, 0.25) is 0 Å². The fourth-order valence-electron chi connectivity index (χ4n) is 2.37. The first-order valence-corrected chi connectivity index (χ1v) is 7.46. The molecule has 0 bridgehead atoms. The molecule has 25 heavy (non-hydrogen) atoms. The van der Waals surface area contributed by atoms with Crippen LogP contribution < -0.4 is 10.6 Å². The molecule has 2 heterocycles. The van der Waals surface area contributed by atoms with Crippen LogP contribution in [0.2, 0.25) is 0 Å². The fourth-order valence-corrected chi connectivity index (χ4v) is 2.37. The Morgan fingerprint density at radius 3 is 2.52 bits per heavy atom. The maximum atomic E-state index is 14.2. The largest absolute Gasteiger partial charge is 0.327 e. The van der Waals surface area contributed by atoms with Crippen molar-refractivity contribution in [2.75, 3.05) is 5.32 Å². The maximum absolute atomic E-state index is 14.2. The molecule has 2 aromatic heterocycles. The van der Waals surface area contributed by atoms with E-state index in [1.807, 2.05) is 0 Å². The summed E-state index contributed by atoms with van der Waals surface area (Å²) < 4.78 is 27.8. The van der Waals surface area contributed by atoms with E-state index >= 15 is 0 Å². The lowest BCUT2D eigenvalue weighted by molar-refractivity contribution is 0.250. The molecule has 0 saturated heterocycles. The number of amides is 2. The molecule has 0 aliphatic rings. The van der Waals surface area contributed by atoms with Crippen molar-refractivity contribution in [1.29, 1.82) is 0 Å². The Labute approximate surface area is 142 Å². The molecule has 2 N–H and O–H groups in total. The molecule has 0 aliphatic carbocycles. The second kappa shape index (κ2) is 7.48. The first-order chi connectivity index (χ1) is 12.1. The number of halogens is 2. The zero-order chi connectivity index (χ0) is 17.6. The zero-order valence-corrected chi connectivity index (χ0v) is 13.0. The minimum atomic E-state index is -0.879. The smallest absolute Gasteiger partial charge is 0.320 e. The van der Waals surface area contributed by atoms with Crippen molar-refractivity contribution in [2.45, 2.75) is 6.04 Å². The lowest BCUT2D eigenvalue weighted by Crippen LogP contribution is -2.33. The van der Waals surface area contributed by atoms with Crippen molar-refractivity contribution in [1.82, 2.24) is 15.3 Å². The highest BCUT2D eigenvalue weighted by molar-refractivity contribution is 5.89. The van der Waals surface area contributed by atoms with Gasteiger partial charge in [-0.15, -0.1) is 0 Å². The summed E-state index contributed by atoms with van der Waals surface area (Å²) in [5, 5.41) is 5.26. The number of nitrogens with one attached hydrogen (secondary N) is 2. The molecule has 0 aliphatic heterocycles. The van der Waals surface area contributed by atoms with Gasteiger partial charge in [0.15, 0.2) is 0 Å². The predicted octanol–water partition coefficient (Wildman–Crippen LogP) is 3.67. The Hall–Kier alpha value is -3.35. The Balaban J connectivity index is 1.89. The van der Waals surface area contributed by atoms with E-state index in [9.17, 15) is 13.6 Å². The van der Waals surface area contributed by atoms with Crippen molar-refractivity contribution in [3.8, 4) is 0 Å². The number of urea groups is 1. The summed E-state index contributed by atoms with van der Waals surface area (Å²) in [5.41, 5.74) is 1.07. The normalized spacial score (nSPS) is 11.6. The van der Waals surface area contributed by atoms with Gasteiger partial charge in [0.1, 0.15) is 11.6 Å². The maximum Gasteiger partial charge on any atom is 0.320 e. The third-order valence-corrected chi connectivity index (χ3v) is 3.50. The Morgan fingerprint density at radius 2 is 1.80 bits per heavy atom. The van der Waals surface area contributed by atoms with Gasteiger partial charge in [-0.1, -0.05) is 0 Å². The fraction of sp³-hybridized carbons (Fsp3) is 0.0556. The topological polar surface area (TPSA) is 66.9 Å². The molecule has 0 fully saturated rings. The quantitative estimate of drug-likeness (QED) is 0.761. The highest BCUT2D eigenvalue weighted by atomic mass is 19.1. The monoisotopic (exact) mass is 340 g/mol. The van der Waals surface area contributed by atoms with Crippen molar-refractivity contribution in [2.24, 2.45) is 0 Å². The minimum Gasteiger partial charge on any atom is -0.327 e. The van der Waals surface area contributed by atoms with E-state index in [2.05, 4.69) is 20.6 Å². The van der Waals surface area contributed by atoms with Gasteiger partial charge >= 0.3 is 6.03 Å². The van der Waals surface area contributed by atoms with Crippen LogP contribution in [-0.2, 0) is 0 Å². The summed E-state index contributed by atoms with van der Waals surface area (Å²) in [6.07, 6.45) is 6.08. The van der Waals surface area contributed by atoms with Gasteiger partial charge in [0.05, 0.1) is 17.9 Å². The lowest BCUT2D eigenvalue weighted by Gasteiger charge is -2.20. The lowest BCUT2D eigenvalue weighted by atomic mass is 9.99. The number of hydrogen-bond donors (Lipinski definition) is 2. The van der Waals surface area contributed by atoms with Gasteiger partial charge in [0, 0.05) is 24.2 Å². The van der Waals surface area contributed by atoms with Crippen LogP contribution in [0, 0.1) is 11.6 Å². The van der Waals surface area contributed by atoms with Gasteiger partial charge in [-0.3, -0.25) is 9.97 Å². The van der Waals surface area contributed by atoms with Crippen LogP contribution in [0.4, 0.5) is 19.3 Å². The standard InChI is InChI=1S/C18H14F2N4O/c19-13-3-4-16(20)15(10-13)17(12-5-8-21-9-6-12)24-18(25)23-14-2-1-7-22-11-14/h1-11,17H,(H2,23,24,25)/t17-/m0/s1. The first-order valence-electron chi connectivity index (χ1n) is 7.46. The molecule has 3 aromatic rings. The Morgan fingerprint density at radius 1 is 1.00 bits per heavy atom. The summed E-state index contributed by atoms with van der Waals surface area (Å²) >= 11 is 0. The molecule has 3 rings (SSSR count). The zero-order valence-electron chi connectivity index (χ0n) is 13.0. The highest BCUT2D eigenvalue weighted by Crippen LogP contribution is 2.25. The number of benzene rings is 1. The van der Waals surface area contributed by atoms with E-state index in [0.29, 0.717) is 11.3 Å². The van der Waals surface area contributed by atoms with Crippen molar-refractivity contribution < 1.29 is 13.6 Å². The third-order valence-electron chi connectivity index (χ3n) is 3.50. The number of anilines is 1. The van der Waals surface area contributed by atoms with Crippen LogP contribution >= 0.6 is 0 Å². The molecule has 5 nitrogen and oxygen atoms in total. The molecule has 1 atom stereocenters. The SMILES string of the molecule is O=C(Nc1cccnc1)N[C@@H](c1ccncc1)c1cc(F)ccc1F. The summed E-state index contributed by atoms with van der Waals surface area (Å²) in [6, 6.07) is 8.24. The molecule has 2 amide bonds. The number of carbonyl (C=O) groups excluding carboxylic acids is 1. The van der Waals surface area contributed by atoms with Crippen LogP contribution in [0.3, 0.4) is 0 Å². The van der Waals surface area contributed by atoms with Gasteiger partial charge < -0.3 is 10.6 Å². The van der Waals surface area contributed by atoms with Crippen LogP contribution in [0.5, 0.6) is 0 Å². The van der Waals surface area contributed by atoms with E-state index in [-0.39, 0.29) is 5.56 Å². The molecular weight excluding hydrogens is 326 g/mol. The van der Waals surface area contributed by atoms with Crippen molar-refractivity contribution >= 4 is 11.7 Å². The molecule has 0 spiro atoms. The van der Waals surface area contributed by atoms with Crippen LogP contribution in [-0.4, -0.2) is 16.0 Å².